The Labute approximate surface area is 249 Å². The fourth-order valence-electron chi connectivity index (χ4n) is 6.32. The van der Waals surface area contributed by atoms with Crippen molar-refractivity contribution in [1.82, 2.24) is 29.6 Å². The summed E-state index contributed by atoms with van der Waals surface area (Å²) in [6, 6.07) is 7.42. The van der Waals surface area contributed by atoms with Gasteiger partial charge in [-0.25, -0.2) is 14.6 Å². The third-order valence-corrected chi connectivity index (χ3v) is 10.6. The number of aromatic nitrogens is 5. The summed E-state index contributed by atoms with van der Waals surface area (Å²) in [6.45, 7) is 10.8. The van der Waals surface area contributed by atoms with Gasteiger partial charge in [0.2, 0.25) is 5.91 Å². The molecule has 1 N–H and O–H groups in total. The Balaban J connectivity index is 1.17. The average Bonchev–Trinajstić information content (AvgIpc) is 3.32. The van der Waals surface area contributed by atoms with E-state index < -0.39 is 8.07 Å². The number of pyridine rings is 1. The number of imidazole rings is 1. The van der Waals surface area contributed by atoms with Gasteiger partial charge in [-0.3, -0.25) is 4.79 Å². The number of carbonyl (C=O) groups is 1. The average molecular weight is 592 g/mol. The lowest BCUT2D eigenvalue weighted by Gasteiger charge is -2.21. The second-order valence-electron chi connectivity index (χ2n) is 13.5. The summed E-state index contributed by atoms with van der Waals surface area (Å²) in [5.41, 5.74) is 6.00. The second kappa shape index (κ2) is 11.9. The first-order valence-electron chi connectivity index (χ1n) is 15.3. The van der Waals surface area contributed by atoms with Gasteiger partial charge in [-0.2, -0.15) is 5.10 Å². The first kappa shape index (κ1) is 29.1. The third-order valence-electron chi connectivity index (χ3n) is 8.90. The first-order valence-corrected chi connectivity index (χ1v) is 19.0. The predicted octanol–water partition coefficient (Wildman–Crippen LogP) is 3.86. The lowest BCUT2D eigenvalue weighted by molar-refractivity contribution is -0.121. The van der Waals surface area contributed by atoms with Crippen molar-refractivity contribution in [2.45, 2.75) is 77.2 Å². The molecule has 6 rings (SSSR count). The molecule has 10 nitrogen and oxygen atoms in total. The maximum Gasteiger partial charge on any atom is 0.226 e. The number of aryl methyl sites for hydroxylation is 1. The van der Waals surface area contributed by atoms with E-state index in [0.717, 1.165) is 78.0 Å². The summed E-state index contributed by atoms with van der Waals surface area (Å²) in [6.07, 6.45) is 5.86. The van der Waals surface area contributed by atoms with E-state index in [0.29, 0.717) is 26.4 Å². The summed E-state index contributed by atoms with van der Waals surface area (Å²) in [5.74, 6) is 2.71. The SMILES string of the molecule is COCc1nc(N2CC3CC3C2)ccc1Cc1cc(CC(=O)N[C@@H]2CCc3c2ncn3C)nn1COCC[Si](C)(C)C. The predicted molar refractivity (Wildman–Crippen MR) is 164 cm³/mol. The molecule has 0 aromatic carbocycles. The largest absolute Gasteiger partial charge is 0.378 e. The van der Waals surface area contributed by atoms with Gasteiger partial charge in [-0.15, -0.1) is 0 Å². The lowest BCUT2D eigenvalue weighted by Crippen LogP contribution is -2.29. The summed E-state index contributed by atoms with van der Waals surface area (Å²) in [5, 5.41) is 8.02. The van der Waals surface area contributed by atoms with Crippen molar-refractivity contribution in [3.8, 4) is 0 Å². The number of hydrogen-bond donors (Lipinski definition) is 1. The van der Waals surface area contributed by atoms with Crippen molar-refractivity contribution in [3.63, 3.8) is 0 Å². The van der Waals surface area contributed by atoms with Crippen LogP contribution < -0.4 is 10.2 Å². The first-order chi connectivity index (χ1) is 20.2. The van der Waals surface area contributed by atoms with Crippen LogP contribution in [-0.4, -0.2) is 65.1 Å². The maximum absolute atomic E-state index is 13.1. The summed E-state index contributed by atoms with van der Waals surface area (Å²) < 4.78 is 15.6. The molecular formula is C31H45N7O3Si. The monoisotopic (exact) mass is 591 g/mol. The highest BCUT2D eigenvalue weighted by atomic mass is 28.3. The number of fused-ring (bicyclic) bond motifs is 2. The zero-order valence-corrected chi connectivity index (χ0v) is 26.7. The van der Waals surface area contributed by atoms with Crippen LogP contribution in [0.25, 0.3) is 0 Å². The number of ether oxygens (including phenoxy) is 2. The highest BCUT2D eigenvalue weighted by molar-refractivity contribution is 6.76. The topological polar surface area (TPSA) is 99.3 Å². The molecule has 3 atom stereocenters. The van der Waals surface area contributed by atoms with Gasteiger partial charge in [0, 0.05) is 59.7 Å². The molecule has 1 saturated carbocycles. The maximum atomic E-state index is 13.1. The van der Waals surface area contributed by atoms with E-state index in [9.17, 15) is 4.79 Å². The normalized spacial score (nSPS) is 21.1. The molecule has 2 unspecified atom stereocenters. The molecule has 11 heteroatoms. The van der Waals surface area contributed by atoms with E-state index in [4.69, 9.17) is 19.6 Å². The van der Waals surface area contributed by atoms with E-state index in [1.54, 1.807) is 7.11 Å². The van der Waals surface area contributed by atoms with Crippen LogP contribution in [0.3, 0.4) is 0 Å². The summed E-state index contributed by atoms with van der Waals surface area (Å²) in [7, 11) is 2.52. The molecule has 1 amide bonds. The number of nitrogens with zero attached hydrogens (tertiary/aromatic N) is 6. The Bertz CT molecular complexity index is 1420. The highest BCUT2D eigenvalue weighted by Gasteiger charge is 2.45. The van der Waals surface area contributed by atoms with Crippen molar-refractivity contribution in [1.29, 1.82) is 0 Å². The van der Waals surface area contributed by atoms with Gasteiger partial charge in [0.1, 0.15) is 12.5 Å². The standard InChI is InChI=1S/C31H45N7O3Si/c1-36-19-32-31-26(7-8-28(31)36)34-30(39)15-24-14-25(38(35-24)20-41-10-11-42(3,4)5)13-21-6-9-29(33-27(21)18-40-2)37-16-22-12-23(22)17-37/h6,9,14,19,22-23,26H,7-8,10-13,15-18,20H2,1-5H3,(H,34,39)/t22?,23?,26-/m1/s1. The van der Waals surface area contributed by atoms with Crippen LogP contribution in [0.2, 0.25) is 25.7 Å². The van der Waals surface area contributed by atoms with Gasteiger partial charge in [-0.1, -0.05) is 25.7 Å². The number of carbonyl (C=O) groups excluding carboxylic acids is 1. The minimum absolute atomic E-state index is 0.0379. The van der Waals surface area contributed by atoms with Gasteiger partial charge in [-0.05, 0) is 54.8 Å². The van der Waals surface area contributed by atoms with Gasteiger partial charge in [0.05, 0.1) is 42.5 Å². The molecule has 3 aromatic rings. The van der Waals surface area contributed by atoms with Gasteiger partial charge < -0.3 is 24.3 Å². The second-order valence-corrected chi connectivity index (χ2v) is 19.2. The Kier molecular flexibility index (Phi) is 8.26. The van der Waals surface area contributed by atoms with Crippen LogP contribution in [0.15, 0.2) is 24.5 Å². The van der Waals surface area contributed by atoms with Crippen LogP contribution >= 0.6 is 0 Å². The summed E-state index contributed by atoms with van der Waals surface area (Å²) >= 11 is 0. The van der Waals surface area contributed by atoms with E-state index in [2.05, 4.69) is 47.0 Å². The van der Waals surface area contributed by atoms with Crippen LogP contribution in [0.4, 0.5) is 5.82 Å². The van der Waals surface area contributed by atoms with Gasteiger partial charge in [0.15, 0.2) is 0 Å². The molecule has 4 heterocycles. The van der Waals surface area contributed by atoms with E-state index >= 15 is 0 Å². The molecule has 2 fully saturated rings. The van der Waals surface area contributed by atoms with Crippen molar-refractivity contribution >= 4 is 19.8 Å². The van der Waals surface area contributed by atoms with Gasteiger partial charge >= 0.3 is 0 Å². The number of piperidine rings is 1. The molecule has 3 aromatic heterocycles. The van der Waals surface area contributed by atoms with E-state index in [1.165, 1.54) is 12.1 Å². The zero-order valence-electron chi connectivity index (χ0n) is 25.7. The smallest absolute Gasteiger partial charge is 0.226 e. The lowest BCUT2D eigenvalue weighted by atomic mass is 10.1. The molecular weight excluding hydrogens is 546 g/mol. The Morgan fingerprint density at radius 1 is 1.19 bits per heavy atom. The Morgan fingerprint density at radius 3 is 2.76 bits per heavy atom. The summed E-state index contributed by atoms with van der Waals surface area (Å²) in [4.78, 5) is 25.1. The molecule has 226 valence electrons. The van der Waals surface area contributed by atoms with E-state index in [-0.39, 0.29) is 18.4 Å². The molecule has 0 spiro atoms. The molecule has 0 bridgehead atoms. The molecule has 1 aliphatic heterocycles. The minimum Gasteiger partial charge on any atom is -0.378 e. The van der Waals surface area contributed by atoms with Crippen LogP contribution in [0.5, 0.6) is 0 Å². The molecule has 42 heavy (non-hydrogen) atoms. The number of rotatable bonds is 13. The third kappa shape index (κ3) is 6.63. The molecule has 0 radical (unpaired) electrons. The Morgan fingerprint density at radius 2 is 2.00 bits per heavy atom. The Hall–Kier alpha value is -3.02. The number of hydrogen-bond acceptors (Lipinski definition) is 7. The minimum atomic E-state index is -1.20. The number of methoxy groups -OCH3 is 1. The number of amides is 1. The zero-order chi connectivity index (χ0) is 29.4. The molecule has 2 aliphatic carbocycles. The van der Waals surface area contributed by atoms with Crippen LogP contribution in [-0.2, 0) is 53.9 Å². The van der Waals surface area contributed by atoms with Crippen molar-refractivity contribution < 1.29 is 14.3 Å². The van der Waals surface area contributed by atoms with Crippen molar-refractivity contribution in [3.05, 3.63) is 58.6 Å². The fraction of sp³-hybridized carbons (Fsp3) is 0.613. The molecule has 3 aliphatic rings. The number of anilines is 1. The van der Waals surface area contributed by atoms with E-state index in [1.807, 2.05) is 28.7 Å². The van der Waals surface area contributed by atoms with Crippen LogP contribution in [0, 0.1) is 11.8 Å². The van der Waals surface area contributed by atoms with Crippen LogP contribution in [0.1, 0.15) is 52.9 Å². The van der Waals surface area contributed by atoms with Crippen molar-refractivity contribution in [2.75, 3.05) is 31.7 Å². The van der Waals surface area contributed by atoms with Gasteiger partial charge in [0.25, 0.3) is 0 Å². The highest BCUT2D eigenvalue weighted by Crippen LogP contribution is 2.46. The molecule has 1 saturated heterocycles. The fourth-order valence-corrected chi connectivity index (χ4v) is 7.08. The quantitative estimate of drug-likeness (QED) is 0.238. The number of nitrogens with one attached hydrogen (secondary N) is 1. The van der Waals surface area contributed by atoms with Crippen molar-refractivity contribution in [2.24, 2.45) is 18.9 Å².